The van der Waals surface area contributed by atoms with Crippen molar-refractivity contribution in [3.05, 3.63) is 0 Å². The maximum Gasteiger partial charge on any atom is 0.0827 e. The lowest BCUT2D eigenvalue weighted by molar-refractivity contribution is -0.0205. The Hall–Kier alpha value is -0.0800. The second kappa shape index (κ2) is 4.43. The molecule has 1 rings (SSSR count). The topological polar surface area (TPSA) is 40.5 Å². The molecule has 0 aliphatic heterocycles. The van der Waals surface area contributed by atoms with E-state index >= 15 is 0 Å². The Morgan fingerprint density at radius 1 is 1.08 bits per heavy atom. The van der Waals surface area contributed by atoms with Crippen LogP contribution in [0.5, 0.6) is 0 Å². The average Bonchev–Trinajstić information content (AvgIpc) is 2.22. The molecule has 13 heavy (non-hydrogen) atoms. The molecule has 0 spiro atoms. The summed E-state index contributed by atoms with van der Waals surface area (Å²) < 4.78 is 0. The standard InChI is InChI=1S/C11H22O2/c1-4-9-5-6-10(12)11(13)8(3)7(9)2/h7-13H,4-6H2,1-3H3/t7-,8-,9-,10-,11+/m0/s1. The third-order valence-electron chi connectivity index (χ3n) is 3.86. The van der Waals surface area contributed by atoms with E-state index in [1.54, 1.807) is 0 Å². The minimum absolute atomic E-state index is 0.224. The van der Waals surface area contributed by atoms with Gasteiger partial charge in [-0.25, -0.2) is 0 Å². The first-order valence-electron chi connectivity index (χ1n) is 5.44. The maximum absolute atomic E-state index is 9.76. The molecule has 0 aromatic rings. The molecule has 1 aliphatic rings. The molecule has 78 valence electrons. The van der Waals surface area contributed by atoms with Crippen LogP contribution in [0.2, 0.25) is 0 Å². The summed E-state index contributed by atoms with van der Waals surface area (Å²) in [4.78, 5) is 0. The lowest BCUT2D eigenvalue weighted by atomic mass is 9.80. The summed E-state index contributed by atoms with van der Waals surface area (Å²) in [7, 11) is 0. The van der Waals surface area contributed by atoms with Crippen molar-refractivity contribution in [2.24, 2.45) is 17.8 Å². The number of aliphatic hydroxyl groups excluding tert-OH is 2. The smallest absolute Gasteiger partial charge is 0.0827 e. The van der Waals surface area contributed by atoms with Gasteiger partial charge in [0.15, 0.2) is 0 Å². The van der Waals surface area contributed by atoms with E-state index in [-0.39, 0.29) is 5.92 Å². The fourth-order valence-electron chi connectivity index (χ4n) is 2.49. The molecule has 5 atom stereocenters. The monoisotopic (exact) mass is 186 g/mol. The minimum Gasteiger partial charge on any atom is -0.390 e. The van der Waals surface area contributed by atoms with Gasteiger partial charge in [0.1, 0.15) is 0 Å². The lowest BCUT2D eigenvalue weighted by Crippen LogP contribution is -2.33. The van der Waals surface area contributed by atoms with Gasteiger partial charge in [0.2, 0.25) is 0 Å². The third kappa shape index (κ3) is 2.23. The Morgan fingerprint density at radius 3 is 2.23 bits per heavy atom. The SMILES string of the molecule is CC[C@H]1CC[C@H](O)[C@H](O)[C@@H](C)[C@@H]1C. The molecule has 0 heterocycles. The van der Waals surface area contributed by atoms with Crippen molar-refractivity contribution in [2.75, 3.05) is 0 Å². The quantitative estimate of drug-likeness (QED) is 0.613. The lowest BCUT2D eigenvalue weighted by Gasteiger charge is -2.28. The summed E-state index contributed by atoms with van der Waals surface area (Å²) >= 11 is 0. The Balaban J connectivity index is 2.69. The van der Waals surface area contributed by atoms with Crippen LogP contribution >= 0.6 is 0 Å². The molecule has 0 amide bonds. The molecule has 1 saturated carbocycles. The first kappa shape index (κ1) is 11.0. The largest absolute Gasteiger partial charge is 0.390 e. The Kier molecular flexibility index (Phi) is 3.74. The molecule has 2 N–H and O–H groups in total. The molecule has 1 fully saturated rings. The van der Waals surface area contributed by atoms with E-state index in [0.717, 1.165) is 19.3 Å². The van der Waals surface area contributed by atoms with Crippen LogP contribution in [0, 0.1) is 17.8 Å². The van der Waals surface area contributed by atoms with E-state index in [0.29, 0.717) is 11.8 Å². The zero-order valence-electron chi connectivity index (χ0n) is 8.90. The van der Waals surface area contributed by atoms with Gasteiger partial charge in [0.05, 0.1) is 12.2 Å². The molecule has 0 radical (unpaired) electrons. The predicted octanol–water partition coefficient (Wildman–Crippen LogP) is 1.80. The molecule has 2 nitrogen and oxygen atoms in total. The molecule has 2 heteroatoms. The number of rotatable bonds is 1. The average molecular weight is 186 g/mol. The van der Waals surface area contributed by atoms with Gasteiger partial charge in [-0.3, -0.25) is 0 Å². The summed E-state index contributed by atoms with van der Waals surface area (Å²) in [6, 6.07) is 0. The zero-order valence-corrected chi connectivity index (χ0v) is 8.90. The Bertz CT molecular complexity index is 156. The maximum atomic E-state index is 9.76. The fourth-order valence-corrected chi connectivity index (χ4v) is 2.49. The van der Waals surface area contributed by atoms with Crippen LogP contribution < -0.4 is 0 Å². The second-order valence-electron chi connectivity index (χ2n) is 4.52. The summed E-state index contributed by atoms with van der Waals surface area (Å²) in [6.45, 7) is 6.44. The highest BCUT2D eigenvalue weighted by Gasteiger charge is 2.34. The molecule has 0 aromatic heterocycles. The van der Waals surface area contributed by atoms with Gasteiger partial charge < -0.3 is 10.2 Å². The zero-order chi connectivity index (χ0) is 10.0. The highest BCUT2D eigenvalue weighted by atomic mass is 16.3. The van der Waals surface area contributed by atoms with Gasteiger partial charge in [0, 0.05) is 0 Å². The van der Waals surface area contributed by atoms with Gasteiger partial charge >= 0.3 is 0 Å². The van der Waals surface area contributed by atoms with Gasteiger partial charge in [-0.15, -0.1) is 0 Å². The molecule has 0 aromatic carbocycles. The van der Waals surface area contributed by atoms with Crippen molar-refractivity contribution >= 4 is 0 Å². The van der Waals surface area contributed by atoms with Crippen molar-refractivity contribution in [3.63, 3.8) is 0 Å². The number of hydrogen-bond donors (Lipinski definition) is 2. The molecular formula is C11H22O2. The van der Waals surface area contributed by atoms with E-state index in [9.17, 15) is 10.2 Å². The Labute approximate surface area is 81.0 Å². The third-order valence-corrected chi connectivity index (χ3v) is 3.86. The molecule has 0 bridgehead atoms. The van der Waals surface area contributed by atoms with Crippen LogP contribution in [0.25, 0.3) is 0 Å². The normalized spacial score (nSPS) is 47.3. The van der Waals surface area contributed by atoms with Gasteiger partial charge in [-0.2, -0.15) is 0 Å². The van der Waals surface area contributed by atoms with Gasteiger partial charge in [0.25, 0.3) is 0 Å². The van der Waals surface area contributed by atoms with Crippen LogP contribution in [0.3, 0.4) is 0 Å². The van der Waals surface area contributed by atoms with E-state index in [1.165, 1.54) is 0 Å². The second-order valence-corrected chi connectivity index (χ2v) is 4.52. The van der Waals surface area contributed by atoms with Crippen LogP contribution in [-0.2, 0) is 0 Å². The van der Waals surface area contributed by atoms with Gasteiger partial charge in [-0.05, 0) is 30.6 Å². The summed E-state index contributed by atoms with van der Waals surface area (Å²) in [5.41, 5.74) is 0. The van der Waals surface area contributed by atoms with Crippen LogP contribution in [0.15, 0.2) is 0 Å². The highest BCUT2D eigenvalue weighted by Crippen LogP contribution is 2.34. The van der Waals surface area contributed by atoms with Crippen molar-refractivity contribution in [2.45, 2.75) is 52.2 Å². The first-order chi connectivity index (χ1) is 6.07. The Morgan fingerprint density at radius 2 is 1.69 bits per heavy atom. The van der Waals surface area contributed by atoms with Crippen molar-refractivity contribution < 1.29 is 10.2 Å². The predicted molar refractivity (Wildman–Crippen MR) is 53.4 cm³/mol. The molecule has 0 saturated heterocycles. The van der Waals surface area contributed by atoms with Gasteiger partial charge in [-0.1, -0.05) is 27.2 Å². The first-order valence-corrected chi connectivity index (χ1v) is 5.44. The van der Waals surface area contributed by atoms with Crippen molar-refractivity contribution in [1.82, 2.24) is 0 Å². The van der Waals surface area contributed by atoms with Crippen molar-refractivity contribution in [3.8, 4) is 0 Å². The van der Waals surface area contributed by atoms with E-state index in [4.69, 9.17) is 0 Å². The molecule has 0 unspecified atom stereocenters. The van der Waals surface area contributed by atoms with Crippen LogP contribution in [0.1, 0.15) is 40.0 Å². The minimum atomic E-state index is -0.522. The summed E-state index contributed by atoms with van der Waals surface area (Å²) in [5, 5.41) is 19.4. The van der Waals surface area contributed by atoms with E-state index < -0.39 is 12.2 Å². The highest BCUT2D eigenvalue weighted by molar-refractivity contribution is 4.84. The van der Waals surface area contributed by atoms with Crippen LogP contribution in [0.4, 0.5) is 0 Å². The number of aliphatic hydroxyl groups is 2. The fraction of sp³-hybridized carbons (Fsp3) is 1.00. The van der Waals surface area contributed by atoms with Crippen molar-refractivity contribution in [1.29, 1.82) is 0 Å². The number of hydrogen-bond acceptors (Lipinski definition) is 2. The molecular weight excluding hydrogens is 164 g/mol. The van der Waals surface area contributed by atoms with E-state index in [1.807, 2.05) is 6.92 Å². The molecule has 1 aliphatic carbocycles. The van der Waals surface area contributed by atoms with E-state index in [2.05, 4.69) is 13.8 Å². The summed E-state index contributed by atoms with van der Waals surface area (Å²) in [6.07, 6.45) is 1.94. The summed E-state index contributed by atoms with van der Waals surface area (Å²) in [5.74, 6) is 1.42. The van der Waals surface area contributed by atoms with Crippen LogP contribution in [-0.4, -0.2) is 22.4 Å².